The molecule has 0 amide bonds. The summed E-state index contributed by atoms with van der Waals surface area (Å²) < 4.78 is 0. The second-order valence-corrected chi connectivity index (χ2v) is 11.8. The zero-order valence-electron chi connectivity index (χ0n) is 19.7. The van der Waals surface area contributed by atoms with E-state index >= 15 is 0 Å². The van der Waals surface area contributed by atoms with E-state index in [4.69, 9.17) is 0 Å². The summed E-state index contributed by atoms with van der Waals surface area (Å²) in [5, 5.41) is 21.2. The van der Waals surface area contributed by atoms with Gasteiger partial charge in [-0.1, -0.05) is 45.8 Å². The van der Waals surface area contributed by atoms with Crippen molar-refractivity contribution in [2.75, 3.05) is 0 Å². The van der Waals surface area contributed by atoms with Gasteiger partial charge in [-0.3, -0.25) is 4.79 Å². The highest BCUT2D eigenvalue weighted by Crippen LogP contribution is 2.67. The lowest BCUT2D eigenvalue weighted by atomic mass is 9.46. The first kappa shape index (κ1) is 22.5. The fraction of sp³-hybridized carbons (Fsp3) is 0.889. The smallest absolute Gasteiger partial charge is 0.161 e. The van der Waals surface area contributed by atoms with Gasteiger partial charge in [0.05, 0.1) is 0 Å². The molecule has 0 saturated heterocycles. The molecule has 30 heavy (non-hydrogen) atoms. The zero-order chi connectivity index (χ0) is 21.7. The molecule has 3 saturated carbocycles. The van der Waals surface area contributed by atoms with E-state index < -0.39 is 6.29 Å². The van der Waals surface area contributed by atoms with Crippen LogP contribution in [-0.2, 0) is 4.79 Å². The summed E-state index contributed by atoms with van der Waals surface area (Å²) in [6.07, 6.45) is 13.4. The average molecular weight is 417 g/mol. The quantitative estimate of drug-likeness (QED) is 0.419. The van der Waals surface area contributed by atoms with Gasteiger partial charge in [-0.05, 0) is 92.8 Å². The van der Waals surface area contributed by atoms with E-state index in [9.17, 15) is 15.0 Å². The molecule has 4 rings (SSSR count). The number of hydrogen-bond acceptors (Lipinski definition) is 3. The summed E-state index contributed by atoms with van der Waals surface area (Å²) in [6.45, 7) is 8.96. The molecule has 3 heteroatoms. The largest absolute Gasteiger partial charge is 0.367 e. The van der Waals surface area contributed by atoms with Crippen molar-refractivity contribution in [2.45, 2.75) is 105 Å². The number of Topliss-reactive ketones (excluding diaryl/α,β-unsaturated/α-hetero) is 1. The predicted octanol–water partition coefficient (Wildman–Crippen LogP) is 5.89. The van der Waals surface area contributed by atoms with Crippen molar-refractivity contribution in [3.05, 3.63) is 11.6 Å². The average Bonchev–Trinajstić information content (AvgIpc) is 3.08. The minimum atomic E-state index is -1.21. The van der Waals surface area contributed by atoms with Crippen molar-refractivity contribution >= 4 is 5.78 Å². The van der Waals surface area contributed by atoms with E-state index in [0.29, 0.717) is 40.8 Å². The second-order valence-electron chi connectivity index (χ2n) is 11.8. The van der Waals surface area contributed by atoms with E-state index in [-0.39, 0.29) is 11.3 Å². The number of carbonyl (C=O) groups is 1. The molecular formula is C27H44O3. The lowest BCUT2D eigenvalue weighted by Gasteiger charge is -2.59. The van der Waals surface area contributed by atoms with Gasteiger partial charge in [0, 0.05) is 17.8 Å². The minimum Gasteiger partial charge on any atom is -0.367 e. The third kappa shape index (κ3) is 3.43. The molecule has 0 radical (unpaired) electrons. The Morgan fingerprint density at radius 2 is 1.87 bits per heavy atom. The van der Waals surface area contributed by atoms with E-state index in [0.717, 1.165) is 44.9 Å². The van der Waals surface area contributed by atoms with Crippen LogP contribution in [-0.4, -0.2) is 22.3 Å². The van der Waals surface area contributed by atoms with Crippen molar-refractivity contribution in [2.24, 2.45) is 46.3 Å². The summed E-state index contributed by atoms with van der Waals surface area (Å²) in [5.41, 5.74) is 1.35. The normalized spacial score (nSPS) is 41.8. The number of allylic oxidation sites excluding steroid dienone is 1. The Balaban J connectivity index is 1.54. The summed E-state index contributed by atoms with van der Waals surface area (Å²) >= 11 is 0. The first-order valence-electron chi connectivity index (χ1n) is 12.8. The van der Waals surface area contributed by atoms with Gasteiger partial charge in [0.1, 0.15) is 5.78 Å². The van der Waals surface area contributed by atoms with E-state index in [1.54, 1.807) is 0 Å². The minimum absolute atomic E-state index is 0.152. The van der Waals surface area contributed by atoms with E-state index in [1.165, 1.54) is 31.3 Å². The molecule has 0 aromatic rings. The maximum Gasteiger partial charge on any atom is 0.161 e. The maximum atomic E-state index is 12.2. The molecule has 7 atom stereocenters. The molecule has 3 fully saturated rings. The highest BCUT2D eigenvalue weighted by molar-refractivity contribution is 5.80. The molecule has 170 valence electrons. The third-order valence-corrected chi connectivity index (χ3v) is 10.3. The number of ketones is 1. The summed E-state index contributed by atoms with van der Waals surface area (Å²) in [7, 11) is 0. The van der Waals surface area contributed by atoms with Crippen molar-refractivity contribution < 1.29 is 15.0 Å². The van der Waals surface area contributed by atoms with E-state index in [1.807, 2.05) is 13.8 Å². The SMILES string of the molecule is CC(C)C(=O)CC[C@@H](C)[C@H]1CC[C@H]2[C@@H]3CC=C4CCCC[C@]4(C(O)O)[C@H]3CC[C@]12C. The molecule has 4 aliphatic carbocycles. The number of fused-ring (bicyclic) bond motifs is 5. The number of rotatable bonds is 6. The number of aliphatic hydroxyl groups excluding tert-OH is 1. The molecule has 0 bridgehead atoms. The Kier molecular flexibility index (Phi) is 6.27. The Labute approximate surface area is 183 Å². The Bertz CT molecular complexity index is 680. The van der Waals surface area contributed by atoms with Gasteiger partial charge in [0.25, 0.3) is 0 Å². The second kappa shape index (κ2) is 8.35. The molecule has 0 spiro atoms. The first-order chi connectivity index (χ1) is 14.2. The lowest BCUT2D eigenvalue weighted by Crippen LogP contribution is -2.55. The lowest BCUT2D eigenvalue weighted by molar-refractivity contribution is -0.182. The van der Waals surface area contributed by atoms with Gasteiger partial charge >= 0.3 is 0 Å². The van der Waals surface area contributed by atoms with Crippen molar-refractivity contribution in [1.82, 2.24) is 0 Å². The van der Waals surface area contributed by atoms with Crippen LogP contribution in [0.3, 0.4) is 0 Å². The van der Waals surface area contributed by atoms with E-state index in [2.05, 4.69) is 19.9 Å². The van der Waals surface area contributed by atoms with Crippen LogP contribution in [0.15, 0.2) is 11.6 Å². The number of aliphatic hydroxyl groups is 2. The summed E-state index contributed by atoms with van der Waals surface area (Å²) in [4.78, 5) is 12.2. The predicted molar refractivity (Wildman–Crippen MR) is 121 cm³/mol. The van der Waals surface area contributed by atoms with Crippen LogP contribution in [0.1, 0.15) is 98.3 Å². The highest BCUT2D eigenvalue weighted by atomic mass is 16.5. The standard InChI is InChI=1S/C27H44O3/c1-17(2)24(28)13-8-18(3)21-11-12-22-20-10-9-19-7-5-6-15-27(19,25(29)30)23(20)14-16-26(21,22)4/h9,17-18,20-23,25,29-30H,5-8,10-16H2,1-4H3/t18-,20+,21-,22+,23+,26-,27-/m1/s1. The molecular weight excluding hydrogens is 372 g/mol. The fourth-order valence-electron chi connectivity index (χ4n) is 8.70. The fourth-order valence-corrected chi connectivity index (χ4v) is 8.70. The van der Waals surface area contributed by atoms with Crippen LogP contribution in [0.25, 0.3) is 0 Å². The molecule has 0 aromatic heterocycles. The topological polar surface area (TPSA) is 57.5 Å². The van der Waals surface area contributed by atoms with Gasteiger partial charge in [0.15, 0.2) is 6.29 Å². The molecule has 2 N–H and O–H groups in total. The maximum absolute atomic E-state index is 12.2. The highest BCUT2D eigenvalue weighted by Gasteiger charge is 2.61. The molecule has 0 heterocycles. The Hall–Kier alpha value is -0.670. The molecule has 0 unspecified atom stereocenters. The van der Waals surface area contributed by atoms with Crippen LogP contribution < -0.4 is 0 Å². The molecule has 0 aromatic carbocycles. The van der Waals surface area contributed by atoms with Gasteiger partial charge in [-0.2, -0.15) is 0 Å². The summed E-state index contributed by atoms with van der Waals surface area (Å²) in [6, 6.07) is 0. The zero-order valence-corrected chi connectivity index (χ0v) is 19.7. The van der Waals surface area contributed by atoms with Gasteiger partial charge in [0.2, 0.25) is 0 Å². The summed E-state index contributed by atoms with van der Waals surface area (Å²) in [5.74, 6) is 3.59. The Morgan fingerprint density at radius 3 is 2.57 bits per heavy atom. The Morgan fingerprint density at radius 1 is 1.10 bits per heavy atom. The van der Waals surface area contributed by atoms with Crippen molar-refractivity contribution in [3.63, 3.8) is 0 Å². The van der Waals surface area contributed by atoms with Crippen molar-refractivity contribution in [1.29, 1.82) is 0 Å². The number of carbonyl (C=O) groups excluding carboxylic acids is 1. The number of hydrogen-bond donors (Lipinski definition) is 2. The van der Waals surface area contributed by atoms with Gasteiger partial charge in [-0.25, -0.2) is 0 Å². The molecule has 4 aliphatic rings. The van der Waals surface area contributed by atoms with Crippen LogP contribution in [0.4, 0.5) is 0 Å². The van der Waals surface area contributed by atoms with Crippen LogP contribution in [0.2, 0.25) is 0 Å². The van der Waals surface area contributed by atoms with Crippen LogP contribution >= 0.6 is 0 Å². The molecule has 0 aliphatic heterocycles. The first-order valence-corrected chi connectivity index (χ1v) is 12.8. The third-order valence-electron chi connectivity index (χ3n) is 10.3. The van der Waals surface area contributed by atoms with Gasteiger partial charge in [-0.15, -0.1) is 0 Å². The van der Waals surface area contributed by atoms with Gasteiger partial charge < -0.3 is 10.2 Å². The van der Waals surface area contributed by atoms with Crippen molar-refractivity contribution in [3.8, 4) is 0 Å². The monoisotopic (exact) mass is 416 g/mol. The molecule has 3 nitrogen and oxygen atoms in total. The van der Waals surface area contributed by atoms with Crippen LogP contribution in [0, 0.1) is 46.3 Å². The van der Waals surface area contributed by atoms with Crippen LogP contribution in [0.5, 0.6) is 0 Å².